The Hall–Kier alpha value is -5.14. The van der Waals surface area contributed by atoms with Gasteiger partial charge in [0, 0.05) is 7.05 Å². The Morgan fingerprint density at radius 2 is 1.82 bits per heavy atom. The molecule has 2 aromatic carbocycles. The standard InChI is InChI=1S/C25H18F3N5O6/c1-32(11-15(34)35)24(37)19-17(22-30-18-13(38-2)9-6-10-14(18)39-22)23(36)33-21(29-19)16(12-7-4-3-5-8-12)20(31-33)25(26,27)28/h3-10,31H,11H2,1-2H3,(H,34,35). The number of likely N-dealkylation sites (N-methyl/N-ethyl adjacent to an activating group) is 1. The Labute approximate surface area is 216 Å². The van der Waals surface area contributed by atoms with Gasteiger partial charge in [-0.15, -0.1) is 0 Å². The summed E-state index contributed by atoms with van der Waals surface area (Å²) in [5.41, 5.74) is -4.14. The Morgan fingerprint density at radius 3 is 2.46 bits per heavy atom. The fraction of sp³-hybridized carbons (Fsp3) is 0.160. The van der Waals surface area contributed by atoms with Gasteiger partial charge in [-0.2, -0.15) is 17.7 Å². The molecule has 0 unspecified atom stereocenters. The number of methoxy groups -OCH3 is 1. The molecule has 0 atom stereocenters. The number of para-hydroxylation sites is 1. The Balaban J connectivity index is 1.89. The van der Waals surface area contributed by atoms with Crippen molar-refractivity contribution < 1.29 is 37.0 Å². The van der Waals surface area contributed by atoms with Gasteiger partial charge in [-0.3, -0.25) is 19.5 Å². The number of rotatable bonds is 6. The first kappa shape index (κ1) is 25.5. The molecule has 0 aliphatic carbocycles. The fourth-order valence-electron chi connectivity index (χ4n) is 4.15. The number of nitrogens with zero attached hydrogens (tertiary/aromatic N) is 4. The van der Waals surface area contributed by atoms with Gasteiger partial charge in [0.15, 0.2) is 16.7 Å². The molecule has 0 saturated carbocycles. The number of amides is 1. The van der Waals surface area contributed by atoms with Gasteiger partial charge >= 0.3 is 12.1 Å². The molecule has 5 aromatic rings. The highest BCUT2D eigenvalue weighted by atomic mass is 19.4. The quantitative estimate of drug-likeness (QED) is 0.332. The van der Waals surface area contributed by atoms with Crippen LogP contribution in [-0.2, 0) is 11.0 Å². The van der Waals surface area contributed by atoms with Gasteiger partial charge in [-0.25, -0.2) is 9.97 Å². The second-order valence-corrected chi connectivity index (χ2v) is 8.41. The molecule has 2 N–H and O–H groups in total. The van der Waals surface area contributed by atoms with Crippen molar-refractivity contribution in [2.75, 3.05) is 20.7 Å². The van der Waals surface area contributed by atoms with Crippen LogP contribution in [0.3, 0.4) is 0 Å². The number of aromatic nitrogens is 4. The number of nitrogens with one attached hydrogen (secondary N) is 1. The second-order valence-electron chi connectivity index (χ2n) is 8.41. The Bertz CT molecular complexity index is 1810. The number of hydrogen-bond donors (Lipinski definition) is 2. The zero-order valence-electron chi connectivity index (χ0n) is 20.2. The van der Waals surface area contributed by atoms with Gasteiger partial charge in [-0.05, 0) is 17.7 Å². The van der Waals surface area contributed by atoms with Crippen LogP contribution < -0.4 is 10.3 Å². The van der Waals surface area contributed by atoms with E-state index in [1.54, 1.807) is 18.2 Å². The molecule has 0 aliphatic rings. The van der Waals surface area contributed by atoms with Crippen LogP contribution in [0.15, 0.2) is 57.7 Å². The van der Waals surface area contributed by atoms with Crippen molar-refractivity contribution in [1.82, 2.24) is 24.5 Å². The average Bonchev–Trinajstić information content (AvgIpc) is 3.50. The summed E-state index contributed by atoms with van der Waals surface area (Å²) >= 11 is 0. The van der Waals surface area contributed by atoms with E-state index in [-0.39, 0.29) is 22.4 Å². The van der Waals surface area contributed by atoms with Gasteiger partial charge in [-0.1, -0.05) is 36.4 Å². The number of H-pyrrole nitrogens is 1. The fourth-order valence-corrected chi connectivity index (χ4v) is 4.15. The molecular weight excluding hydrogens is 523 g/mol. The van der Waals surface area contributed by atoms with E-state index >= 15 is 0 Å². The summed E-state index contributed by atoms with van der Waals surface area (Å²) in [6.07, 6.45) is -4.93. The minimum absolute atomic E-state index is 0.0760. The van der Waals surface area contributed by atoms with E-state index in [4.69, 9.17) is 9.15 Å². The van der Waals surface area contributed by atoms with E-state index in [0.29, 0.717) is 4.52 Å². The summed E-state index contributed by atoms with van der Waals surface area (Å²) in [7, 11) is 2.53. The van der Waals surface area contributed by atoms with Gasteiger partial charge < -0.3 is 19.2 Å². The highest BCUT2D eigenvalue weighted by Gasteiger charge is 2.39. The third-order valence-electron chi connectivity index (χ3n) is 5.86. The van der Waals surface area contributed by atoms with Crippen molar-refractivity contribution in [3.05, 3.63) is 70.3 Å². The summed E-state index contributed by atoms with van der Waals surface area (Å²) in [5, 5.41) is 11.2. The third-order valence-corrected chi connectivity index (χ3v) is 5.86. The minimum atomic E-state index is -4.93. The summed E-state index contributed by atoms with van der Waals surface area (Å²) in [5.74, 6) is -2.55. The van der Waals surface area contributed by atoms with Gasteiger partial charge in [0.1, 0.15) is 29.2 Å². The van der Waals surface area contributed by atoms with E-state index in [1.165, 1.54) is 37.4 Å². The molecular formula is C25H18F3N5O6. The molecule has 0 radical (unpaired) electrons. The van der Waals surface area contributed by atoms with Crippen molar-refractivity contribution in [2.24, 2.45) is 0 Å². The van der Waals surface area contributed by atoms with E-state index < -0.39 is 64.2 Å². The van der Waals surface area contributed by atoms with Crippen LogP contribution in [0.2, 0.25) is 0 Å². The lowest BCUT2D eigenvalue weighted by atomic mass is 10.1. The number of benzene rings is 2. The number of alkyl halides is 3. The van der Waals surface area contributed by atoms with E-state index in [0.717, 1.165) is 11.9 Å². The van der Waals surface area contributed by atoms with E-state index in [2.05, 4.69) is 15.1 Å². The van der Waals surface area contributed by atoms with Crippen molar-refractivity contribution in [1.29, 1.82) is 0 Å². The second kappa shape index (κ2) is 9.31. The number of hydrogen-bond acceptors (Lipinski definition) is 7. The van der Waals surface area contributed by atoms with Crippen molar-refractivity contribution in [3.8, 4) is 28.3 Å². The maximum Gasteiger partial charge on any atom is 0.433 e. The van der Waals surface area contributed by atoms with Gasteiger partial charge in [0.05, 0.1) is 12.7 Å². The van der Waals surface area contributed by atoms with Crippen LogP contribution in [0.4, 0.5) is 13.2 Å². The third kappa shape index (κ3) is 4.35. The molecule has 1 amide bonds. The zero-order chi connectivity index (χ0) is 28.1. The molecule has 14 heteroatoms. The highest BCUT2D eigenvalue weighted by molar-refractivity contribution is 6.00. The number of fused-ring (bicyclic) bond motifs is 2. The summed E-state index contributed by atoms with van der Waals surface area (Å²) < 4.78 is 53.9. The maximum absolute atomic E-state index is 14.1. The molecule has 3 heterocycles. The average molecular weight is 541 g/mol. The topological polar surface area (TPSA) is 143 Å². The SMILES string of the molecule is COc1cccc2oc(-c3c(C(=O)N(C)CC(=O)O)nc4c(-c5ccccc5)c(C(F)(F)F)[nH]n4c3=O)nc12. The number of carbonyl (C=O) groups excluding carboxylic acids is 1. The highest BCUT2D eigenvalue weighted by Crippen LogP contribution is 2.39. The normalized spacial score (nSPS) is 11.7. The van der Waals surface area contributed by atoms with Crippen LogP contribution in [0.5, 0.6) is 5.75 Å². The number of carboxylic acids is 1. The lowest BCUT2D eigenvalue weighted by Crippen LogP contribution is -2.34. The summed E-state index contributed by atoms with van der Waals surface area (Å²) in [6.45, 7) is -0.771. The molecule has 39 heavy (non-hydrogen) atoms. The Kier molecular flexibility index (Phi) is 6.09. The lowest BCUT2D eigenvalue weighted by Gasteiger charge is -2.15. The van der Waals surface area contributed by atoms with Gasteiger partial charge in [0.25, 0.3) is 11.5 Å². The molecule has 0 aliphatic heterocycles. The number of ether oxygens (including phenoxy) is 1. The molecule has 11 nitrogen and oxygen atoms in total. The van der Waals surface area contributed by atoms with Crippen LogP contribution in [-0.4, -0.2) is 62.2 Å². The number of aromatic amines is 1. The molecule has 3 aromatic heterocycles. The molecule has 0 spiro atoms. The van der Waals surface area contributed by atoms with Crippen LogP contribution in [0.1, 0.15) is 16.2 Å². The maximum atomic E-state index is 14.1. The van der Waals surface area contributed by atoms with Crippen molar-refractivity contribution in [2.45, 2.75) is 6.18 Å². The predicted molar refractivity (Wildman–Crippen MR) is 130 cm³/mol. The number of aliphatic carboxylic acids is 1. The predicted octanol–water partition coefficient (Wildman–Crippen LogP) is 3.68. The number of halogens is 3. The smallest absolute Gasteiger partial charge is 0.433 e. The first-order chi connectivity index (χ1) is 18.5. The first-order valence-electron chi connectivity index (χ1n) is 11.2. The Morgan fingerprint density at radius 1 is 1.10 bits per heavy atom. The van der Waals surface area contributed by atoms with Crippen LogP contribution >= 0.6 is 0 Å². The minimum Gasteiger partial charge on any atom is -0.494 e. The molecule has 200 valence electrons. The summed E-state index contributed by atoms with van der Waals surface area (Å²) in [4.78, 5) is 47.6. The molecule has 0 bridgehead atoms. The zero-order valence-corrected chi connectivity index (χ0v) is 20.2. The van der Waals surface area contributed by atoms with Crippen molar-refractivity contribution >= 4 is 28.6 Å². The molecule has 0 saturated heterocycles. The van der Waals surface area contributed by atoms with Gasteiger partial charge in [0.2, 0.25) is 5.89 Å². The van der Waals surface area contributed by atoms with Crippen LogP contribution in [0.25, 0.3) is 39.3 Å². The molecule has 5 rings (SSSR count). The van der Waals surface area contributed by atoms with E-state index in [1.807, 2.05) is 0 Å². The molecule has 0 fully saturated rings. The number of carboxylic acid groups (broad SMARTS) is 1. The number of oxazole rings is 1. The number of carbonyl (C=O) groups is 2. The monoisotopic (exact) mass is 541 g/mol. The lowest BCUT2D eigenvalue weighted by molar-refractivity contribution is -0.141. The first-order valence-corrected chi connectivity index (χ1v) is 11.2. The largest absolute Gasteiger partial charge is 0.494 e. The summed E-state index contributed by atoms with van der Waals surface area (Å²) in [6, 6.07) is 12.1. The van der Waals surface area contributed by atoms with E-state index in [9.17, 15) is 32.7 Å². The van der Waals surface area contributed by atoms with Crippen LogP contribution in [0, 0.1) is 0 Å². The van der Waals surface area contributed by atoms with Crippen molar-refractivity contribution in [3.63, 3.8) is 0 Å².